The fourth-order valence-electron chi connectivity index (χ4n) is 7.55. The first-order chi connectivity index (χ1) is 31.1. The number of rotatable bonds is 49. The lowest BCUT2D eigenvalue weighted by atomic mass is 10.0. The highest BCUT2D eigenvalue weighted by Gasteiger charge is 2.22. The largest absolute Gasteiger partial charge is 0.545 e. The van der Waals surface area contributed by atoms with Gasteiger partial charge in [0.05, 0.1) is 40.3 Å². The maximum atomic E-state index is 12.8. The SMILES string of the molecule is CC/C=C\C/C=C\C/C=C\CCCCCCCCCC(=O)OC(COC(=O)CCCCCCCCCCCCCCCCCCCCCCCC)COC(OCC[N+](C)(C)C)C(=O)[O-]. The smallest absolute Gasteiger partial charge is 0.306 e. The van der Waals surface area contributed by atoms with Crippen LogP contribution in [0.5, 0.6) is 0 Å². The van der Waals surface area contributed by atoms with Gasteiger partial charge < -0.3 is 33.3 Å². The van der Waals surface area contributed by atoms with E-state index < -0.39 is 24.3 Å². The lowest BCUT2D eigenvalue weighted by molar-refractivity contribution is -0.870. The van der Waals surface area contributed by atoms with E-state index in [9.17, 15) is 19.5 Å². The number of likely N-dealkylation sites (N-methyl/N-ethyl adjacent to an activating group) is 1. The first-order valence-electron chi connectivity index (χ1n) is 26.6. The van der Waals surface area contributed by atoms with Crippen molar-refractivity contribution in [3.63, 3.8) is 0 Å². The number of ether oxygens (including phenoxy) is 4. The Morgan fingerprint density at radius 1 is 0.484 bits per heavy atom. The molecule has 9 nitrogen and oxygen atoms in total. The molecular formula is C55H101NO8. The van der Waals surface area contributed by atoms with Gasteiger partial charge in [-0.25, -0.2) is 0 Å². The van der Waals surface area contributed by atoms with E-state index in [1.165, 1.54) is 141 Å². The Hall–Kier alpha value is -2.49. The van der Waals surface area contributed by atoms with Crippen molar-refractivity contribution >= 4 is 17.9 Å². The fourth-order valence-corrected chi connectivity index (χ4v) is 7.55. The number of nitrogens with zero attached hydrogens (tertiary/aromatic N) is 1. The van der Waals surface area contributed by atoms with Gasteiger partial charge in [0.25, 0.3) is 0 Å². The zero-order valence-electron chi connectivity index (χ0n) is 42.4. The van der Waals surface area contributed by atoms with Crippen molar-refractivity contribution in [2.45, 2.75) is 251 Å². The molecule has 0 aliphatic carbocycles. The Morgan fingerprint density at radius 3 is 1.33 bits per heavy atom. The van der Waals surface area contributed by atoms with Gasteiger partial charge in [-0.1, -0.05) is 217 Å². The molecule has 0 radical (unpaired) electrons. The molecule has 0 spiro atoms. The molecule has 0 aliphatic rings. The summed E-state index contributed by atoms with van der Waals surface area (Å²) in [6, 6.07) is 0. The van der Waals surface area contributed by atoms with Crippen LogP contribution in [0.2, 0.25) is 0 Å². The summed E-state index contributed by atoms with van der Waals surface area (Å²) < 4.78 is 22.6. The van der Waals surface area contributed by atoms with Gasteiger partial charge >= 0.3 is 11.9 Å². The molecule has 64 heavy (non-hydrogen) atoms. The molecular weight excluding hydrogens is 803 g/mol. The van der Waals surface area contributed by atoms with Crippen LogP contribution in [0.1, 0.15) is 239 Å². The van der Waals surface area contributed by atoms with Crippen LogP contribution in [-0.2, 0) is 33.3 Å². The number of carboxylic acids is 1. The molecule has 2 unspecified atom stereocenters. The quantitative estimate of drug-likeness (QED) is 0.0195. The second kappa shape index (κ2) is 47.0. The minimum absolute atomic E-state index is 0.146. The number of aliphatic carboxylic acids is 1. The van der Waals surface area contributed by atoms with Crippen molar-refractivity contribution in [1.29, 1.82) is 0 Å². The van der Waals surface area contributed by atoms with E-state index in [-0.39, 0.29) is 32.2 Å². The average Bonchev–Trinajstić information content (AvgIpc) is 3.26. The van der Waals surface area contributed by atoms with E-state index in [0.29, 0.717) is 23.9 Å². The summed E-state index contributed by atoms with van der Waals surface area (Å²) in [4.78, 5) is 37.2. The molecule has 9 heteroatoms. The summed E-state index contributed by atoms with van der Waals surface area (Å²) >= 11 is 0. The van der Waals surface area contributed by atoms with E-state index in [1.54, 1.807) is 0 Å². The van der Waals surface area contributed by atoms with Crippen LogP contribution in [0.3, 0.4) is 0 Å². The third-order valence-electron chi connectivity index (χ3n) is 11.7. The van der Waals surface area contributed by atoms with E-state index >= 15 is 0 Å². The molecule has 0 rings (SSSR count). The molecule has 0 aromatic carbocycles. The van der Waals surface area contributed by atoms with Gasteiger partial charge in [-0.3, -0.25) is 9.59 Å². The lowest BCUT2D eigenvalue weighted by Gasteiger charge is -2.26. The van der Waals surface area contributed by atoms with Crippen molar-refractivity contribution in [1.82, 2.24) is 0 Å². The topological polar surface area (TPSA) is 111 Å². The van der Waals surface area contributed by atoms with Gasteiger partial charge in [0.2, 0.25) is 0 Å². The second-order valence-electron chi connectivity index (χ2n) is 19.1. The van der Waals surface area contributed by atoms with Crippen molar-refractivity contribution in [2.24, 2.45) is 0 Å². The number of esters is 2. The monoisotopic (exact) mass is 904 g/mol. The van der Waals surface area contributed by atoms with Crippen molar-refractivity contribution in [2.75, 3.05) is 47.5 Å². The summed E-state index contributed by atoms with van der Waals surface area (Å²) in [5.74, 6) is -2.28. The lowest BCUT2D eigenvalue weighted by Crippen LogP contribution is -2.44. The first kappa shape index (κ1) is 61.5. The molecule has 0 saturated carbocycles. The molecule has 0 fully saturated rings. The number of hydrogen-bond acceptors (Lipinski definition) is 8. The van der Waals surface area contributed by atoms with Crippen LogP contribution >= 0.6 is 0 Å². The molecule has 0 amide bonds. The van der Waals surface area contributed by atoms with Crippen LogP contribution < -0.4 is 5.11 Å². The number of hydrogen-bond donors (Lipinski definition) is 0. The minimum atomic E-state index is -1.62. The number of carbonyl (C=O) groups excluding carboxylic acids is 3. The van der Waals surface area contributed by atoms with Gasteiger partial charge in [-0.2, -0.15) is 0 Å². The van der Waals surface area contributed by atoms with Crippen molar-refractivity contribution < 1.29 is 42.9 Å². The van der Waals surface area contributed by atoms with E-state index in [2.05, 4.69) is 50.3 Å². The summed E-state index contributed by atoms with van der Waals surface area (Å²) in [7, 11) is 5.92. The molecule has 0 aliphatic heterocycles. The zero-order valence-corrected chi connectivity index (χ0v) is 42.4. The molecule has 0 aromatic rings. The summed E-state index contributed by atoms with van der Waals surface area (Å²) in [5, 5.41) is 11.7. The highest BCUT2D eigenvalue weighted by molar-refractivity contribution is 5.70. The summed E-state index contributed by atoms with van der Waals surface area (Å²) in [5.41, 5.74) is 0. The Labute approximate surface area is 394 Å². The Balaban J connectivity index is 4.27. The number of quaternary nitrogens is 1. The molecule has 2 atom stereocenters. The summed E-state index contributed by atoms with van der Waals surface area (Å²) in [6.45, 7) is 4.65. The normalized spacial score (nSPS) is 13.1. The Morgan fingerprint density at radius 2 is 0.891 bits per heavy atom. The van der Waals surface area contributed by atoms with Crippen LogP contribution in [-0.4, -0.2) is 82.3 Å². The molecule has 0 bridgehead atoms. The number of unbranched alkanes of at least 4 members (excludes halogenated alkanes) is 28. The average molecular weight is 904 g/mol. The van der Waals surface area contributed by atoms with Gasteiger partial charge in [-0.15, -0.1) is 0 Å². The highest BCUT2D eigenvalue weighted by Crippen LogP contribution is 2.16. The van der Waals surface area contributed by atoms with E-state index in [1.807, 2.05) is 21.1 Å². The molecule has 0 N–H and O–H groups in total. The van der Waals surface area contributed by atoms with Crippen molar-refractivity contribution in [3.8, 4) is 0 Å². The second-order valence-corrected chi connectivity index (χ2v) is 19.1. The highest BCUT2D eigenvalue weighted by atomic mass is 16.7. The van der Waals surface area contributed by atoms with Crippen molar-refractivity contribution in [3.05, 3.63) is 36.5 Å². The van der Waals surface area contributed by atoms with Gasteiger partial charge in [0.15, 0.2) is 12.4 Å². The predicted octanol–water partition coefficient (Wildman–Crippen LogP) is 13.6. The molecule has 0 saturated heterocycles. The maximum absolute atomic E-state index is 12.8. The maximum Gasteiger partial charge on any atom is 0.306 e. The van der Waals surface area contributed by atoms with E-state index in [4.69, 9.17) is 18.9 Å². The zero-order chi connectivity index (χ0) is 47.0. The minimum Gasteiger partial charge on any atom is -0.545 e. The third kappa shape index (κ3) is 47.5. The first-order valence-corrected chi connectivity index (χ1v) is 26.6. The van der Waals surface area contributed by atoms with Crippen LogP contribution in [0.15, 0.2) is 36.5 Å². The summed E-state index contributed by atoms with van der Waals surface area (Å²) in [6.07, 6.45) is 51.8. The van der Waals surface area contributed by atoms with Crippen LogP contribution in [0.25, 0.3) is 0 Å². The fraction of sp³-hybridized carbons (Fsp3) is 0.836. The molecule has 374 valence electrons. The molecule has 0 aromatic heterocycles. The van der Waals surface area contributed by atoms with Crippen LogP contribution in [0.4, 0.5) is 0 Å². The number of allylic oxidation sites excluding steroid dienone is 6. The third-order valence-corrected chi connectivity index (χ3v) is 11.7. The predicted molar refractivity (Wildman–Crippen MR) is 265 cm³/mol. The standard InChI is InChI=1S/C55H101NO8/c1-6-8-10-12-14-16-18-20-22-24-25-26-27-28-30-31-33-35-37-39-41-43-45-52(57)62-49-51(50-63-55(54(59)60)61-48-47-56(3,4)5)64-53(58)46-44-42-40-38-36-34-32-29-23-21-19-17-15-13-11-9-7-2/h9,11,15,17,21,23,51,55H,6-8,10,12-14,16,18-20,22,24-50H2,1-5H3/b11-9-,17-15-,23-21-. The number of carboxylic acid groups (broad SMARTS) is 1. The van der Waals surface area contributed by atoms with Crippen LogP contribution in [0, 0.1) is 0 Å². The Bertz CT molecular complexity index is 1150. The molecule has 0 heterocycles. The van der Waals surface area contributed by atoms with Gasteiger partial charge in [-0.05, 0) is 44.9 Å². The number of carbonyl (C=O) groups is 3. The van der Waals surface area contributed by atoms with Gasteiger partial charge in [0, 0.05) is 12.8 Å². The van der Waals surface area contributed by atoms with E-state index in [0.717, 1.165) is 64.2 Å². The Kier molecular flexibility index (Phi) is 45.2. The van der Waals surface area contributed by atoms with Gasteiger partial charge in [0.1, 0.15) is 13.2 Å².